The molecule has 0 amide bonds. The number of nitrogens with zero attached hydrogens (tertiary/aromatic N) is 1. The number of nitrogens with two attached hydrogens (primary N) is 1. The molecule has 2 aromatic rings. The van der Waals surface area contributed by atoms with Gasteiger partial charge in [0, 0.05) is 0 Å². The van der Waals surface area contributed by atoms with Gasteiger partial charge in [0.25, 0.3) is 0 Å². The average Bonchev–Trinajstić information content (AvgIpc) is 2.40. The molecule has 0 aliphatic carbocycles. The predicted octanol–water partition coefficient (Wildman–Crippen LogP) is 2.73. The molecular weight excluding hydrogens is 208 g/mol. The molecule has 0 fully saturated rings. The highest BCUT2D eigenvalue weighted by Crippen LogP contribution is 2.21. The van der Waals surface area contributed by atoms with Gasteiger partial charge in [0.05, 0.1) is 11.6 Å². The second-order valence-corrected chi connectivity index (χ2v) is 3.93. The van der Waals surface area contributed by atoms with Crippen molar-refractivity contribution in [3.05, 3.63) is 59.7 Å². The summed E-state index contributed by atoms with van der Waals surface area (Å²) in [7, 11) is 0. The summed E-state index contributed by atoms with van der Waals surface area (Å²) in [6.07, 6.45) is 0.893. The van der Waals surface area contributed by atoms with Crippen LogP contribution in [0, 0.1) is 11.3 Å². The Kier molecular flexibility index (Phi) is 3.54. The van der Waals surface area contributed by atoms with Crippen LogP contribution in [0.2, 0.25) is 0 Å². The molecule has 0 saturated carbocycles. The number of benzene rings is 2. The monoisotopic (exact) mass is 222 g/mol. The maximum absolute atomic E-state index is 8.75. The minimum atomic E-state index is 0.664. The van der Waals surface area contributed by atoms with Gasteiger partial charge in [0.1, 0.15) is 0 Å². The van der Waals surface area contributed by atoms with E-state index in [1.54, 1.807) is 0 Å². The van der Waals surface area contributed by atoms with Crippen LogP contribution in [0.3, 0.4) is 0 Å². The number of hydrogen-bond acceptors (Lipinski definition) is 2. The first-order valence-corrected chi connectivity index (χ1v) is 5.63. The minimum absolute atomic E-state index is 0.664. The van der Waals surface area contributed by atoms with Gasteiger partial charge in [-0.1, -0.05) is 36.4 Å². The summed E-state index contributed by atoms with van der Waals surface area (Å²) in [6.45, 7) is 0.664. The van der Waals surface area contributed by atoms with E-state index in [1.165, 1.54) is 11.1 Å². The third kappa shape index (κ3) is 2.72. The van der Waals surface area contributed by atoms with Crippen LogP contribution in [0.4, 0.5) is 0 Å². The van der Waals surface area contributed by atoms with Gasteiger partial charge in [-0.2, -0.15) is 5.26 Å². The maximum atomic E-state index is 8.75. The van der Waals surface area contributed by atoms with Gasteiger partial charge in [0.2, 0.25) is 0 Å². The largest absolute Gasteiger partial charge is 0.330 e. The summed E-state index contributed by atoms with van der Waals surface area (Å²) in [5, 5.41) is 8.75. The quantitative estimate of drug-likeness (QED) is 0.868. The molecule has 0 unspecified atom stereocenters. The highest BCUT2D eigenvalue weighted by atomic mass is 14.5. The molecule has 0 bridgehead atoms. The van der Waals surface area contributed by atoms with Crippen molar-refractivity contribution in [3.63, 3.8) is 0 Å². The van der Waals surface area contributed by atoms with Crippen LogP contribution in [0.1, 0.15) is 11.1 Å². The van der Waals surface area contributed by atoms with Gasteiger partial charge >= 0.3 is 0 Å². The van der Waals surface area contributed by atoms with E-state index in [1.807, 2.05) is 30.3 Å². The number of nitriles is 1. The van der Waals surface area contributed by atoms with Crippen molar-refractivity contribution >= 4 is 0 Å². The Morgan fingerprint density at radius 2 is 1.76 bits per heavy atom. The summed E-state index contributed by atoms with van der Waals surface area (Å²) < 4.78 is 0. The average molecular weight is 222 g/mol. The minimum Gasteiger partial charge on any atom is -0.330 e. The lowest BCUT2D eigenvalue weighted by Gasteiger charge is -2.04. The zero-order valence-electron chi connectivity index (χ0n) is 9.56. The molecule has 84 valence electrons. The first kappa shape index (κ1) is 11.4. The molecule has 0 atom stereocenters. The summed E-state index contributed by atoms with van der Waals surface area (Å²) in [6, 6.07) is 18.1. The smallest absolute Gasteiger partial charge is 0.0991 e. The summed E-state index contributed by atoms with van der Waals surface area (Å²) >= 11 is 0. The molecule has 2 aromatic carbocycles. The molecule has 2 nitrogen and oxygen atoms in total. The second-order valence-electron chi connectivity index (χ2n) is 3.93. The summed E-state index contributed by atoms with van der Waals surface area (Å²) in [5.74, 6) is 0. The number of hydrogen-bond donors (Lipinski definition) is 1. The van der Waals surface area contributed by atoms with Gasteiger partial charge < -0.3 is 5.73 Å². The van der Waals surface area contributed by atoms with E-state index in [-0.39, 0.29) is 0 Å². The van der Waals surface area contributed by atoms with E-state index in [0.29, 0.717) is 12.1 Å². The van der Waals surface area contributed by atoms with Gasteiger partial charge in [-0.3, -0.25) is 0 Å². The fraction of sp³-hybridized carbons (Fsp3) is 0.133. The first-order chi connectivity index (χ1) is 8.33. The van der Waals surface area contributed by atoms with Crippen molar-refractivity contribution in [1.82, 2.24) is 0 Å². The van der Waals surface area contributed by atoms with Crippen LogP contribution < -0.4 is 5.73 Å². The topological polar surface area (TPSA) is 49.8 Å². The first-order valence-electron chi connectivity index (χ1n) is 5.63. The standard InChI is InChI=1S/C15H14N2/c16-9-8-12-2-1-3-15(10-12)14-6-4-13(11-17)5-7-14/h1-7,10H,8-9,16H2. The van der Waals surface area contributed by atoms with Crippen molar-refractivity contribution in [2.75, 3.05) is 6.54 Å². The lowest BCUT2D eigenvalue weighted by atomic mass is 10.0. The highest BCUT2D eigenvalue weighted by Gasteiger charge is 1.99. The lowest BCUT2D eigenvalue weighted by Crippen LogP contribution is -2.02. The maximum Gasteiger partial charge on any atom is 0.0991 e. The Labute approximate surface area is 101 Å². The van der Waals surface area contributed by atoms with E-state index in [4.69, 9.17) is 11.0 Å². The fourth-order valence-corrected chi connectivity index (χ4v) is 1.81. The molecule has 2 heteroatoms. The third-order valence-corrected chi connectivity index (χ3v) is 2.71. The molecular formula is C15H14N2. The molecule has 0 spiro atoms. The van der Waals surface area contributed by atoms with Crippen molar-refractivity contribution in [3.8, 4) is 17.2 Å². The molecule has 0 radical (unpaired) electrons. The van der Waals surface area contributed by atoms with Crippen LogP contribution in [0.15, 0.2) is 48.5 Å². The third-order valence-electron chi connectivity index (χ3n) is 2.71. The van der Waals surface area contributed by atoms with Crippen LogP contribution in [0.25, 0.3) is 11.1 Å². The lowest BCUT2D eigenvalue weighted by molar-refractivity contribution is 0.969. The molecule has 0 aliphatic rings. The van der Waals surface area contributed by atoms with Crippen molar-refractivity contribution in [2.45, 2.75) is 6.42 Å². The zero-order chi connectivity index (χ0) is 12.1. The Hall–Kier alpha value is -2.11. The van der Waals surface area contributed by atoms with Gasteiger partial charge in [-0.15, -0.1) is 0 Å². The Morgan fingerprint density at radius 3 is 2.41 bits per heavy atom. The molecule has 0 aromatic heterocycles. The number of rotatable bonds is 3. The molecule has 0 aliphatic heterocycles. The van der Waals surface area contributed by atoms with Crippen molar-refractivity contribution < 1.29 is 0 Å². The van der Waals surface area contributed by atoms with E-state index >= 15 is 0 Å². The van der Waals surface area contributed by atoms with Gasteiger partial charge in [-0.25, -0.2) is 0 Å². The SMILES string of the molecule is N#Cc1ccc(-c2cccc(CCN)c2)cc1. The van der Waals surface area contributed by atoms with Crippen molar-refractivity contribution in [1.29, 1.82) is 5.26 Å². The molecule has 2 rings (SSSR count). The predicted molar refractivity (Wildman–Crippen MR) is 69.4 cm³/mol. The Balaban J connectivity index is 2.32. The zero-order valence-corrected chi connectivity index (χ0v) is 9.56. The van der Waals surface area contributed by atoms with E-state index in [9.17, 15) is 0 Å². The second kappa shape index (κ2) is 5.29. The normalized spacial score (nSPS) is 9.88. The van der Waals surface area contributed by atoms with Gasteiger partial charge in [0.15, 0.2) is 0 Å². The van der Waals surface area contributed by atoms with E-state index in [0.717, 1.165) is 12.0 Å². The Morgan fingerprint density at radius 1 is 1.00 bits per heavy atom. The Bertz CT molecular complexity index is 536. The molecule has 2 N–H and O–H groups in total. The van der Waals surface area contributed by atoms with Crippen LogP contribution in [-0.2, 0) is 6.42 Å². The van der Waals surface area contributed by atoms with Gasteiger partial charge in [-0.05, 0) is 41.8 Å². The van der Waals surface area contributed by atoms with Crippen molar-refractivity contribution in [2.24, 2.45) is 5.73 Å². The van der Waals surface area contributed by atoms with Crippen LogP contribution in [-0.4, -0.2) is 6.54 Å². The molecule has 0 heterocycles. The van der Waals surface area contributed by atoms with Crippen LogP contribution >= 0.6 is 0 Å². The van der Waals surface area contributed by atoms with Crippen LogP contribution in [0.5, 0.6) is 0 Å². The van der Waals surface area contributed by atoms with E-state index < -0.39 is 0 Å². The summed E-state index contributed by atoms with van der Waals surface area (Å²) in [4.78, 5) is 0. The molecule has 17 heavy (non-hydrogen) atoms. The summed E-state index contributed by atoms with van der Waals surface area (Å²) in [5.41, 5.74) is 9.78. The van der Waals surface area contributed by atoms with E-state index in [2.05, 4.69) is 24.3 Å². The molecule has 0 saturated heterocycles. The highest BCUT2D eigenvalue weighted by molar-refractivity contribution is 5.65. The fourth-order valence-electron chi connectivity index (χ4n) is 1.81.